The lowest BCUT2D eigenvalue weighted by Gasteiger charge is -2.13. The highest BCUT2D eigenvalue weighted by molar-refractivity contribution is 5.97. The van der Waals surface area contributed by atoms with Crippen molar-refractivity contribution in [3.05, 3.63) is 23.8 Å². The summed E-state index contributed by atoms with van der Waals surface area (Å²) in [7, 11) is 0. The SMILES string of the molecule is Cc1ccc(NC(=O)C(C)C)cc1NC(=O)CNC(=O)CN.Cl. The van der Waals surface area contributed by atoms with Crippen molar-refractivity contribution >= 4 is 41.5 Å². The minimum absolute atomic E-state index is 0. The van der Waals surface area contributed by atoms with Crippen LogP contribution in [0.15, 0.2) is 18.2 Å². The summed E-state index contributed by atoms with van der Waals surface area (Å²) in [6.45, 7) is 5.11. The highest BCUT2D eigenvalue weighted by Crippen LogP contribution is 2.20. The largest absolute Gasteiger partial charge is 0.346 e. The van der Waals surface area contributed by atoms with Crippen LogP contribution >= 0.6 is 12.4 Å². The average molecular weight is 343 g/mol. The normalized spacial score (nSPS) is 9.78. The molecule has 0 atom stereocenters. The molecule has 0 heterocycles. The number of hydrogen-bond donors (Lipinski definition) is 4. The third kappa shape index (κ3) is 7.12. The molecule has 1 aromatic carbocycles. The molecule has 23 heavy (non-hydrogen) atoms. The van der Waals surface area contributed by atoms with Gasteiger partial charge in [0.25, 0.3) is 0 Å². The van der Waals surface area contributed by atoms with Gasteiger partial charge in [-0.3, -0.25) is 14.4 Å². The molecular weight excluding hydrogens is 320 g/mol. The molecule has 0 aliphatic carbocycles. The molecule has 1 rings (SSSR count). The molecule has 0 bridgehead atoms. The number of carbonyl (C=O) groups excluding carboxylic acids is 3. The third-order valence-corrected chi connectivity index (χ3v) is 2.94. The minimum Gasteiger partial charge on any atom is -0.346 e. The van der Waals surface area contributed by atoms with Gasteiger partial charge >= 0.3 is 0 Å². The number of hydrogen-bond acceptors (Lipinski definition) is 4. The number of carbonyl (C=O) groups is 3. The first-order chi connectivity index (χ1) is 10.3. The van der Waals surface area contributed by atoms with E-state index in [0.29, 0.717) is 11.4 Å². The van der Waals surface area contributed by atoms with Crippen LogP contribution in [0, 0.1) is 12.8 Å². The van der Waals surface area contributed by atoms with E-state index in [-0.39, 0.29) is 43.2 Å². The Hall–Kier alpha value is -2.12. The number of halogens is 1. The number of amides is 3. The molecule has 1 aromatic rings. The van der Waals surface area contributed by atoms with Crippen LogP contribution in [0.2, 0.25) is 0 Å². The zero-order chi connectivity index (χ0) is 16.7. The first-order valence-electron chi connectivity index (χ1n) is 7.01. The maximum Gasteiger partial charge on any atom is 0.243 e. The second kappa shape index (κ2) is 9.81. The third-order valence-electron chi connectivity index (χ3n) is 2.94. The van der Waals surface area contributed by atoms with Crippen LogP contribution < -0.4 is 21.7 Å². The number of nitrogens with one attached hydrogen (secondary N) is 3. The summed E-state index contributed by atoms with van der Waals surface area (Å²) < 4.78 is 0. The number of benzene rings is 1. The molecule has 0 saturated heterocycles. The Labute approximate surface area is 141 Å². The van der Waals surface area contributed by atoms with Gasteiger partial charge in [0.15, 0.2) is 0 Å². The van der Waals surface area contributed by atoms with Gasteiger partial charge in [0.05, 0.1) is 13.1 Å². The minimum atomic E-state index is -0.398. The van der Waals surface area contributed by atoms with E-state index in [1.807, 2.05) is 6.92 Å². The van der Waals surface area contributed by atoms with Crippen LogP contribution in [0.3, 0.4) is 0 Å². The van der Waals surface area contributed by atoms with Crippen molar-refractivity contribution in [1.29, 1.82) is 0 Å². The van der Waals surface area contributed by atoms with Crippen LogP contribution in [-0.4, -0.2) is 30.8 Å². The summed E-state index contributed by atoms with van der Waals surface area (Å²) in [5.74, 6) is -0.996. The Bertz CT molecular complexity index is 576. The smallest absolute Gasteiger partial charge is 0.243 e. The molecule has 0 saturated carbocycles. The number of rotatable bonds is 6. The predicted molar refractivity (Wildman–Crippen MR) is 92.6 cm³/mol. The van der Waals surface area contributed by atoms with E-state index in [4.69, 9.17) is 5.73 Å². The van der Waals surface area contributed by atoms with Crippen LogP contribution in [0.1, 0.15) is 19.4 Å². The van der Waals surface area contributed by atoms with Gasteiger partial charge in [-0.2, -0.15) is 0 Å². The van der Waals surface area contributed by atoms with Gasteiger partial charge in [0.2, 0.25) is 17.7 Å². The molecule has 3 amide bonds. The summed E-state index contributed by atoms with van der Waals surface area (Å²) in [6, 6.07) is 5.24. The quantitative estimate of drug-likeness (QED) is 0.618. The summed E-state index contributed by atoms with van der Waals surface area (Å²) >= 11 is 0. The molecule has 7 nitrogen and oxygen atoms in total. The van der Waals surface area contributed by atoms with Crippen molar-refractivity contribution in [3.8, 4) is 0 Å². The van der Waals surface area contributed by atoms with Gasteiger partial charge in [-0.15, -0.1) is 12.4 Å². The highest BCUT2D eigenvalue weighted by Gasteiger charge is 2.10. The fourth-order valence-corrected chi connectivity index (χ4v) is 1.57. The molecule has 0 spiro atoms. The Balaban J connectivity index is 0.00000484. The molecule has 0 aromatic heterocycles. The summed E-state index contributed by atoms with van der Waals surface area (Å²) in [5.41, 5.74) is 7.17. The van der Waals surface area contributed by atoms with Gasteiger partial charge in [-0.1, -0.05) is 19.9 Å². The molecule has 8 heteroatoms. The first-order valence-corrected chi connectivity index (χ1v) is 7.01. The highest BCUT2D eigenvalue weighted by atomic mass is 35.5. The van der Waals surface area contributed by atoms with Gasteiger partial charge in [-0.25, -0.2) is 0 Å². The van der Waals surface area contributed by atoms with E-state index in [1.165, 1.54) is 0 Å². The first kappa shape index (κ1) is 20.9. The van der Waals surface area contributed by atoms with Crippen molar-refractivity contribution in [2.75, 3.05) is 23.7 Å². The van der Waals surface area contributed by atoms with Crippen LogP contribution in [0.25, 0.3) is 0 Å². The number of nitrogens with two attached hydrogens (primary N) is 1. The van der Waals surface area contributed by atoms with Gasteiger partial charge in [0.1, 0.15) is 0 Å². The van der Waals surface area contributed by atoms with Crippen molar-refractivity contribution in [2.24, 2.45) is 11.7 Å². The van der Waals surface area contributed by atoms with E-state index in [0.717, 1.165) is 5.56 Å². The molecule has 0 aliphatic heterocycles. The van der Waals surface area contributed by atoms with Crippen molar-refractivity contribution in [2.45, 2.75) is 20.8 Å². The Morgan fingerprint density at radius 3 is 2.35 bits per heavy atom. The van der Waals surface area contributed by atoms with Crippen LogP contribution in [0.4, 0.5) is 11.4 Å². The molecule has 0 fully saturated rings. The van der Waals surface area contributed by atoms with Crippen LogP contribution in [0.5, 0.6) is 0 Å². The molecule has 5 N–H and O–H groups in total. The summed E-state index contributed by atoms with van der Waals surface area (Å²) in [4.78, 5) is 34.5. The maximum absolute atomic E-state index is 11.8. The van der Waals surface area contributed by atoms with E-state index >= 15 is 0 Å². The molecule has 128 valence electrons. The lowest BCUT2D eigenvalue weighted by molar-refractivity contribution is -0.123. The monoisotopic (exact) mass is 342 g/mol. The lowest BCUT2D eigenvalue weighted by Crippen LogP contribution is -2.36. The van der Waals surface area contributed by atoms with Crippen LogP contribution in [-0.2, 0) is 14.4 Å². The fraction of sp³-hybridized carbons (Fsp3) is 0.400. The summed E-state index contributed by atoms with van der Waals surface area (Å²) in [5, 5.41) is 7.84. The Morgan fingerprint density at radius 2 is 1.78 bits per heavy atom. The zero-order valence-electron chi connectivity index (χ0n) is 13.4. The Morgan fingerprint density at radius 1 is 1.13 bits per heavy atom. The molecule has 0 aliphatic rings. The van der Waals surface area contributed by atoms with E-state index in [1.54, 1.807) is 32.0 Å². The number of anilines is 2. The number of aryl methyl sites for hydroxylation is 1. The fourth-order valence-electron chi connectivity index (χ4n) is 1.57. The van der Waals surface area contributed by atoms with Gasteiger partial charge in [0, 0.05) is 17.3 Å². The van der Waals surface area contributed by atoms with E-state index in [9.17, 15) is 14.4 Å². The second-order valence-electron chi connectivity index (χ2n) is 5.20. The van der Waals surface area contributed by atoms with E-state index in [2.05, 4.69) is 16.0 Å². The lowest BCUT2D eigenvalue weighted by atomic mass is 10.1. The standard InChI is InChI=1S/C15H22N4O3.ClH/c1-9(2)15(22)18-11-5-4-10(3)12(6-11)19-14(21)8-17-13(20)7-16;/h4-6,9H,7-8,16H2,1-3H3,(H,17,20)(H,18,22)(H,19,21);1H. The topological polar surface area (TPSA) is 113 Å². The maximum atomic E-state index is 11.8. The second-order valence-corrected chi connectivity index (χ2v) is 5.20. The molecule has 0 radical (unpaired) electrons. The van der Waals surface area contributed by atoms with Gasteiger partial charge < -0.3 is 21.7 Å². The Kier molecular flexibility index (Phi) is 8.90. The van der Waals surface area contributed by atoms with Crippen molar-refractivity contribution in [3.63, 3.8) is 0 Å². The van der Waals surface area contributed by atoms with Crippen molar-refractivity contribution in [1.82, 2.24) is 5.32 Å². The predicted octanol–water partition coefficient (Wildman–Crippen LogP) is 1.02. The molecular formula is C15H23ClN4O3. The van der Waals surface area contributed by atoms with Crippen molar-refractivity contribution < 1.29 is 14.4 Å². The summed E-state index contributed by atoms with van der Waals surface area (Å²) in [6.07, 6.45) is 0. The van der Waals surface area contributed by atoms with E-state index < -0.39 is 5.91 Å². The molecule has 0 unspecified atom stereocenters. The zero-order valence-corrected chi connectivity index (χ0v) is 14.3. The average Bonchev–Trinajstić information content (AvgIpc) is 2.47. The van der Waals surface area contributed by atoms with Gasteiger partial charge in [-0.05, 0) is 24.6 Å².